The van der Waals surface area contributed by atoms with Crippen LogP contribution in [0.1, 0.15) is 29.6 Å². The summed E-state index contributed by atoms with van der Waals surface area (Å²) in [7, 11) is 0. The summed E-state index contributed by atoms with van der Waals surface area (Å²) < 4.78 is 13.4. The molecule has 98 valence electrons. The summed E-state index contributed by atoms with van der Waals surface area (Å²) in [5.74, 6) is 0.115. The molecule has 2 rings (SSSR count). The molecule has 0 aliphatic heterocycles. The van der Waals surface area contributed by atoms with Gasteiger partial charge < -0.3 is 11.1 Å². The number of carbonyl (C=O) groups is 1. The summed E-state index contributed by atoms with van der Waals surface area (Å²) in [5.41, 5.74) is 5.80. The van der Waals surface area contributed by atoms with E-state index < -0.39 is 5.82 Å². The first kappa shape index (κ1) is 13.0. The number of nitrogens with one attached hydrogen (secondary N) is 1. The topological polar surface area (TPSA) is 55.1 Å². The molecule has 0 radical (unpaired) electrons. The van der Waals surface area contributed by atoms with Crippen molar-refractivity contribution in [2.45, 2.75) is 19.3 Å². The minimum atomic E-state index is -0.475. The molecule has 1 aliphatic carbocycles. The largest absolute Gasteiger partial charge is 0.352 e. The Kier molecular flexibility index (Phi) is 4.31. The van der Waals surface area contributed by atoms with E-state index in [0.717, 1.165) is 12.8 Å². The maximum Gasteiger partial charge on any atom is 0.254 e. The molecule has 4 heteroatoms. The average Bonchev–Trinajstić information content (AvgIpc) is 2.84. The molecule has 1 fully saturated rings. The number of hydrogen-bond acceptors (Lipinski definition) is 2. The van der Waals surface area contributed by atoms with Crippen molar-refractivity contribution in [3.63, 3.8) is 0 Å². The van der Waals surface area contributed by atoms with Crippen LogP contribution in [0.4, 0.5) is 4.39 Å². The molecule has 3 N–H and O–H groups in total. The zero-order chi connectivity index (χ0) is 13.0. The Morgan fingerprint density at radius 3 is 2.78 bits per heavy atom. The zero-order valence-corrected chi connectivity index (χ0v) is 10.4. The summed E-state index contributed by atoms with van der Waals surface area (Å²) in [5, 5.41) is 2.81. The van der Waals surface area contributed by atoms with Gasteiger partial charge in [0.05, 0.1) is 5.56 Å². The van der Waals surface area contributed by atoms with Crippen molar-refractivity contribution in [2.75, 3.05) is 13.1 Å². The Hall–Kier alpha value is -1.42. The summed E-state index contributed by atoms with van der Waals surface area (Å²) in [6.45, 7) is 1.26. The van der Waals surface area contributed by atoms with Crippen LogP contribution >= 0.6 is 0 Å². The van der Waals surface area contributed by atoms with Crippen molar-refractivity contribution in [2.24, 2.45) is 17.6 Å². The first-order chi connectivity index (χ1) is 8.72. The van der Waals surface area contributed by atoms with Gasteiger partial charge in [0.25, 0.3) is 5.91 Å². The highest BCUT2D eigenvalue weighted by Gasteiger charge is 2.26. The second-order valence-electron chi connectivity index (χ2n) is 4.88. The lowest BCUT2D eigenvalue weighted by Crippen LogP contribution is -2.33. The van der Waals surface area contributed by atoms with Gasteiger partial charge in [0, 0.05) is 6.54 Å². The third-order valence-electron chi connectivity index (χ3n) is 3.76. The molecule has 2 atom stereocenters. The van der Waals surface area contributed by atoms with E-state index in [1.807, 2.05) is 0 Å². The molecule has 1 aromatic rings. The highest BCUT2D eigenvalue weighted by atomic mass is 19.1. The summed E-state index contributed by atoms with van der Waals surface area (Å²) >= 11 is 0. The maximum atomic E-state index is 13.4. The summed E-state index contributed by atoms with van der Waals surface area (Å²) in [6.07, 6.45) is 3.40. The van der Waals surface area contributed by atoms with Gasteiger partial charge in [-0.05, 0) is 43.4 Å². The SMILES string of the molecule is NCC1CCCC1CNC(=O)c1ccccc1F. The zero-order valence-electron chi connectivity index (χ0n) is 10.4. The van der Waals surface area contributed by atoms with Crippen molar-refractivity contribution in [3.05, 3.63) is 35.6 Å². The van der Waals surface area contributed by atoms with E-state index in [4.69, 9.17) is 5.73 Å². The highest BCUT2D eigenvalue weighted by Crippen LogP contribution is 2.30. The second-order valence-corrected chi connectivity index (χ2v) is 4.88. The van der Waals surface area contributed by atoms with Crippen LogP contribution in [0.15, 0.2) is 24.3 Å². The van der Waals surface area contributed by atoms with Gasteiger partial charge in [0.15, 0.2) is 0 Å². The van der Waals surface area contributed by atoms with Crippen LogP contribution in [0.5, 0.6) is 0 Å². The van der Waals surface area contributed by atoms with Crippen molar-refractivity contribution in [1.29, 1.82) is 0 Å². The smallest absolute Gasteiger partial charge is 0.254 e. The standard InChI is InChI=1S/C14H19FN2O/c15-13-7-2-1-6-12(13)14(18)17-9-11-5-3-4-10(11)8-16/h1-2,6-7,10-11H,3-5,8-9,16H2,(H,17,18). The molecule has 1 amide bonds. The van der Waals surface area contributed by atoms with E-state index in [2.05, 4.69) is 5.32 Å². The fourth-order valence-electron chi connectivity index (χ4n) is 2.66. The predicted octanol–water partition coefficient (Wildman–Crippen LogP) is 1.93. The van der Waals surface area contributed by atoms with Crippen LogP contribution in [-0.2, 0) is 0 Å². The molecular weight excluding hydrogens is 231 g/mol. The van der Waals surface area contributed by atoms with Gasteiger partial charge in [-0.3, -0.25) is 4.79 Å². The van der Waals surface area contributed by atoms with Crippen LogP contribution in [0.25, 0.3) is 0 Å². The number of halogens is 1. The lowest BCUT2D eigenvalue weighted by atomic mass is 9.96. The van der Waals surface area contributed by atoms with Crippen LogP contribution in [-0.4, -0.2) is 19.0 Å². The number of carbonyl (C=O) groups excluding carboxylic acids is 1. The Morgan fingerprint density at radius 1 is 1.33 bits per heavy atom. The van der Waals surface area contributed by atoms with Gasteiger partial charge in [0.1, 0.15) is 5.82 Å². The molecule has 2 unspecified atom stereocenters. The average molecular weight is 250 g/mol. The first-order valence-electron chi connectivity index (χ1n) is 6.45. The molecular formula is C14H19FN2O. The van der Waals surface area contributed by atoms with Crippen molar-refractivity contribution >= 4 is 5.91 Å². The summed E-state index contributed by atoms with van der Waals surface area (Å²) in [6, 6.07) is 6.04. The molecule has 1 saturated carbocycles. The number of hydrogen-bond donors (Lipinski definition) is 2. The lowest BCUT2D eigenvalue weighted by molar-refractivity contribution is 0.0940. The number of benzene rings is 1. The van der Waals surface area contributed by atoms with E-state index in [-0.39, 0.29) is 11.5 Å². The Balaban J connectivity index is 1.91. The molecule has 0 saturated heterocycles. The number of amides is 1. The van der Waals surface area contributed by atoms with Crippen molar-refractivity contribution < 1.29 is 9.18 Å². The van der Waals surface area contributed by atoms with Crippen molar-refractivity contribution in [1.82, 2.24) is 5.32 Å². The normalized spacial score (nSPS) is 23.0. The molecule has 1 aliphatic rings. The van der Waals surface area contributed by atoms with Crippen LogP contribution in [0.2, 0.25) is 0 Å². The minimum absolute atomic E-state index is 0.111. The van der Waals surface area contributed by atoms with Crippen LogP contribution in [0, 0.1) is 17.7 Å². The quantitative estimate of drug-likeness (QED) is 0.858. The van der Waals surface area contributed by atoms with Crippen LogP contribution < -0.4 is 11.1 Å². The van der Waals surface area contributed by atoms with Crippen molar-refractivity contribution in [3.8, 4) is 0 Å². The van der Waals surface area contributed by atoms with Gasteiger partial charge in [-0.15, -0.1) is 0 Å². The molecule has 0 aromatic heterocycles. The number of nitrogens with two attached hydrogens (primary N) is 1. The molecule has 3 nitrogen and oxygen atoms in total. The van der Waals surface area contributed by atoms with Gasteiger partial charge in [-0.25, -0.2) is 4.39 Å². The third-order valence-corrected chi connectivity index (χ3v) is 3.76. The first-order valence-corrected chi connectivity index (χ1v) is 6.45. The molecule has 0 heterocycles. The molecule has 0 spiro atoms. The Morgan fingerprint density at radius 2 is 2.06 bits per heavy atom. The maximum absolute atomic E-state index is 13.4. The highest BCUT2D eigenvalue weighted by molar-refractivity contribution is 5.94. The fraction of sp³-hybridized carbons (Fsp3) is 0.500. The number of rotatable bonds is 4. The molecule has 18 heavy (non-hydrogen) atoms. The van der Waals surface area contributed by atoms with E-state index in [0.29, 0.717) is 24.9 Å². The van der Waals surface area contributed by atoms with Crippen LogP contribution in [0.3, 0.4) is 0 Å². The van der Waals surface area contributed by atoms with E-state index in [1.165, 1.54) is 18.6 Å². The van der Waals surface area contributed by atoms with E-state index in [9.17, 15) is 9.18 Å². The monoisotopic (exact) mass is 250 g/mol. The van der Waals surface area contributed by atoms with E-state index in [1.54, 1.807) is 12.1 Å². The Labute approximate surface area is 107 Å². The van der Waals surface area contributed by atoms with E-state index >= 15 is 0 Å². The van der Waals surface area contributed by atoms with Gasteiger partial charge in [-0.2, -0.15) is 0 Å². The second kappa shape index (κ2) is 5.96. The molecule has 0 bridgehead atoms. The van der Waals surface area contributed by atoms with Gasteiger partial charge in [-0.1, -0.05) is 18.6 Å². The Bertz CT molecular complexity index is 422. The van der Waals surface area contributed by atoms with Gasteiger partial charge in [0.2, 0.25) is 0 Å². The molecule has 1 aromatic carbocycles. The predicted molar refractivity (Wildman–Crippen MR) is 68.6 cm³/mol. The fourth-order valence-corrected chi connectivity index (χ4v) is 2.66. The lowest BCUT2D eigenvalue weighted by Gasteiger charge is -2.18. The minimum Gasteiger partial charge on any atom is -0.352 e. The summed E-state index contributed by atoms with van der Waals surface area (Å²) in [4.78, 5) is 11.8. The van der Waals surface area contributed by atoms with Gasteiger partial charge >= 0.3 is 0 Å². The third kappa shape index (κ3) is 2.88.